The molecule has 260 valence electrons. The Morgan fingerprint density at radius 1 is 0.309 bits per heavy atom. The van der Waals surface area contributed by atoms with E-state index in [-0.39, 0.29) is 5.41 Å². The fourth-order valence-corrected chi connectivity index (χ4v) is 8.26. The molecule has 0 aliphatic heterocycles. The van der Waals surface area contributed by atoms with Crippen LogP contribution in [0.4, 0.5) is 0 Å². The van der Waals surface area contributed by atoms with Gasteiger partial charge in [0.2, 0.25) is 0 Å². The van der Waals surface area contributed by atoms with Crippen LogP contribution in [0.3, 0.4) is 0 Å². The topological polar surface area (TPSA) is 25.8 Å². The minimum atomic E-state index is -0.0724. The van der Waals surface area contributed by atoms with Crippen LogP contribution in [0.1, 0.15) is 25.0 Å². The lowest BCUT2D eigenvalue weighted by molar-refractivity contribution is 0.661. The van der Waals surface area contributed by atoms with Crippen molar-refractivity contribution in [2.24, 2.45) is 0 Å². The van der Waals surface area contributed by atoms with Gasteiger partial charge in [-0.2, -0.15) is 0 Å². The van der Waals surface area contributed by atoms with Crippen molar-refractivity contribution in [2.75, 3.05) is 0 Å². The summed E-state index contributed by atoms with van der Waals surface area (Å²) in [7, 11) is 0. The van der Waals surface area contributed by atoms with Gasteiger partial charge in [-0.05, 0) is 103 Å². The molecular weight excluding hydrogens is 665 g/mol. The molecule has 0 radical (unpaired) electrons. The van der Waals surface area contributed by atoms with E-state index >= 15 is 0 Å². The van der Waals surface area contributed by atoms with Crippen LogP contribution in [-0.4, -0.2) is 9.97 Å². The molecule has 1 aliphatic carbocycles. The van der Waals surface area contributed by atoms with Crippen LogP contribution in [0.15, 0.2) is 194 Å². The van der Waals surface area contributed by atoms with E-state index in [0.29, 0.717) is 5.82 Å². The number of aromatic nitrogens is 2. The number of fused-ring (bicyclic) bond motifs is 4. The van der Waals surface area contributed by atoms with E-state index < -0.39 is 0 Å². The molecule has 0 saturated carbocycles. The molecule has 8 aromatic carbocycles. The third kappa shape index (κ3) is 5.93. The molecule has 0 bridgehead atoms. The van der Waals surface area contributed by atoms with Gasteiger partial charge in [-0.25, -0.2) is 9.97 Å². The minimum Gasteiger partial charge on any atom is -0.228 e. The first-order valence-corrected chi connectivity index (χ1v) is 19.0. The van der Waals surface area contributed by atoms with Crippen LogP contribution in [-0.2, 0) is 5.41 Å². The molecule has 0 atom stereocenters. The lowest BCUT2D eigenvalue weighted by atomic mass is 9.81. The van der Waals surface area contributed by atoms with Gasteiger partial charge in [0, 0.05) is 22.1 Å². The molecule has 1 heterocycles. The van der Waals surface area contributed by atoms with Crippen molar-refractivity contribution < 1.29 is 0 Å². The van der Waals surface area contributed by atoms with Gasteiger partial charge >= 0.3 is 0 Å². The van der Waals surface area contributed by atoms with Crippen molar-refractivity contribution in [2.45, 2.75) is 19.3 Å². The van der Waals surface area contributed by atoms with Gasteiger partial charge in [-0.15, -0.1) is 0 Å². The number of hydrogen-bond donors (Lipinski definition) is 0. The normalized spacial score (nSPS) is 12.7. The van der Waals surface area contributed by atoms with Crippen molar-refractivity contribution in [3.8, 4) is 78.4 Å². The Morgan fingerprint density at radius 2 is 0.764 bits per heavy atom. The monoisotopic (exact) mass is 702 g/mol. The van der Waals surface area contributed by atoms with Crippen molar-refractivity contribution >= 4 is 10.8 Å². The van der Waals surface area contributed by atoms with Crippen LogP contribution in [0.2, 0.25) is 0 Å². The predicted molar refractivity (Wildman–Crippen MR) is 230 cm³/mol. The molecule has 1 aromatic heterocycles. The Hall–Kier alpha value is -6.90. The average molecular weight is 703 g/mol. The standard InChI is InChI=1S/C53H38N2/c1-53(2)48-33-43(27-28-46(48)47-31-41-17-9-10-18-42(41)32-49(47)53)37-25-23-36(24-26-37)39-19-11-21-44(29-39)51-34-50(38-15-7-4-8-16-38)54-52(55-51)45-22-12-20-40(30-45)35-13-5-3-6-14-35/h3-34H,1-2H3. The van der Waals surface area contributed by atoms with Gasteiger partial charge in [0.05, 0.1) is 11.4 Å². The molecule has 0 spiro atoms. The molecule has 9 aromatic rings. The molecule has 0 unspecified atom stereocenters. The summed E-state index contributed by atoms with van der Waals surface area (Å²) in [5, 5.41) is 2.59. The van der Waals surface area contributed by atoms with Crippen LogP contribution >= 0.6 is 0 Å². The van der Waals surface area contributed by atoms with Gasteiger partial charge in [0.1, 0.15) is 0 Å². The Balaban J connectivity index is 0.985. The summed E-state index contributed by atoms with van der Waals surface area (Å²) in [6.07, 6.45) is 0. The third-order valence-corrected chi connectivity index (χ3v) is 11.3. The maximum atomic E-state index is 5.18. The highest BCUT2D eigenvalue weighted by atomic mass is 14.9. The second kappa shape index (κ2) is 13.2. The minimum absolute atomic E-state index is 0.0724. The largest absolute Gasteiger partial charge is 0.228 e. The number of benzene rings is 8. The van der Waals surface area contributed by atoms with Crippen molar-refractivity contribution in [1.82, 2.24) is 9.97 Å². The average Bonchev–Trinajstić information content (AvgIpc) is 3.47. The quantitative estimate of drug-likeness (QED) is 0.172. The van der Waals surface area contributed by atoms with E-state index in [4.69, 9.17) is 9.97 Å². The molecule has 0 fully saturated rings. The molecule has 0 saturated heterocycles. The maximum absolute atomic E-state index is 5.18. The Labute approximate surface area is 322 Å². The Bertz CT molecular complexity index is 2870. The molecule has 2 heteroatoms. The predicted octanol–water partition coefficient (Wildman–Crippen LogP) is 13.9. The first-order valence-electron chi connectivity index (χ1n) is 19.0. The highest BCUT2D eigenvalue weighted by molar-refractivity contribution is 5.94. The summed E-state index contributed by atoms with van der Waals surface area (Å²) in [6.45, 7) is 4.72. The lowest BCUT2D eigenvalue weighted by Crippen LogP contribution is -2.15. The molecule has 1 aliphatic rings. The highest BCUT2D eigenvalue weighted by Crippen LogP contribution is 2.51. The maximum Gasteiger partial charge on any atom is 0.160 e. The summed E-state index contributed by atoms with van der Waals surface area (Å²) < 4.78 is 0. The Kier molecular flexibility index (Phi) is 7.85. The van der Waals surface area contributed by atoms with E-state index in [1.54, 1.807) is 0 Å². The van der Waals surface area contributed by atoms with Crippen LogP contribution in [0.25, 0.3) is 89.2 Å². The van der Waals surface area contributed by atoms with Crippen molar-refractivity contribution in [3.63, 3.8) is 0 Å². The highest BCUT2D eigenvalue weighted by Gasteiger charge is 2.35. The molecule has 0 amide bonds. The van der Waals surface area contributed by atoms with E-state index in [1.165, 1.54) is 55.3 Å². The van der Waals surface area contributed by atoms with Gasteiger partial charge in [-0.1, -0.05) is 172 Å². The van der Waals surface area contributed by atoms with E-state index in [0.717, 1.165) is 39.2 Å². The fourth-order valence-electron chi connectivity index (χ4n) is 8.26. The summed E-state index contributed by atoms with van der Waals surface area (Å²) in [6, 6.07) is 69.6. The lowest BCUT2D eigenvalue weighted by Gasteiger charge is -2.22. The molecule has 55 heavy (non-hydrogen) atoms. The summed E-state index contributed by atoms with van der Waals surface area (Å²) in [5.41, 5.74) is 17.4. The van der Waals surface area contributed by atoms with Gasteiger partial charge in [0.15, 0.2) is 5.82 Å². The van der Waals surface area contributed by atoms with Crippen molar-refractivity contribution in [3.05, 3.63) is 205 Å². The summed E-state index contributed by atoms with van der Waals surface area (Å²) in [4.78, 5) is 10.3. The zero-order valence-electron chi connectivity index (χ0n) is 30.9. The van der Waals surface area contributed by atoms with Crippen LogP contribution in [0, 0.1) is 0 Å². The van der Waals surface area contributed by atoms with Crippen molar-refractivity contribution in [1.29, 1.82) is 0 Å². The third-order valence-electron chi connectivity index (χ3n) is 11.3. The summed E-state index contributed by atoms with van der Waals surface area (Å²) in [5.74, 6) is 0.706. The summed E-state index contributed by atoms with van der Waals surface area (Å²) >= 11 is 0. The zero-order chi connectivity index (χ0) is 36.9. The Morgan fingerprint density at radius 3 is 1.44 bits per heavy atom. The molecule has 0 N–H and O–H groups in total. The first-order chi connectivity index (χ1) is 27.0. The second-order valence-electron chi connectivity index (χ2n) is 15.1. The first kappa shape index (κ1) is 32.7. The number of rotatable bonds is 6. The molecular formula is C53H38N2. The zero-order valence-corrected chi connectivity index (χ0v) is 30.9. The molecule has 2 nitrogen and oxygen atoms in total. The smallest absolute Gasteiger partial charge is 0.160 e. The van der Waals surface area contributed by atoms with Crippen LogP contribution < -0.4 is 0 Å². The van der Waals surface area contributed by atoms with Gasteiger partial charge in [-0.3, -0.25) is 0 Å². The SMILES string of the molecule is CC1(C)c2cc(-c3ccc(-c4cccc(-c5cc(-c6ccccc6)nc(-c6cccc(-c7ccccc7)c6)n5)c4)cc3)ccc2-c2cc3ccccc3cc21. The fraction of sp³-hybridized carbons (Fsp3) is 0.0566. The van der Waals surface area contributed by atoms with Gasteiger partial charge < -0.3 is 0 Å². The number of hydrogen-bond acceptors (Lipinski definition) is 2. The van der Waals surface area contributed by atoms with E-state index in [9.17, 15) is 0 Å². The molecule has 10 rings (SSSR count). The van der Waals surface area contributed by atoms with Crippen LogP contribution in [0.5, 0.6) is 0 Å². The number of nitrogens with zero attached hydrogens (tertiary/aromatic N) is 2. The van der Waals surface area contributed by atoms with E-state index in [1.807, 2.05) is 12.1 Å². The van der Waals surface area contributed by atoms with Gasteiger partial charge in [0.25, 0.3) is 0 Å². The van der Waals surface area contributed by atoms with E-state index in [2.05, 4.69) is 196 Å². The second-order valence-corrected chi connectivity index (χ2v) is 15.1.